The number of hydrogen-bond acceptors (Lipinski definition) is 6. The third kappa shape index (κ3) is 4.51. The highest BCUT2D eigenvalue weighted by Gasteiger charge is 2.15. The van der Waals surface area contributed by atoms with Crippen LogP contribution in [0.4, 0.5) is 11.4 Å². The van der Waals surface area contributed by atoms with Gasteiger partial charge in [0, 0.05) is 35.9 Å². The molecule has 0 fully saturated rings. The van der Waals surface area contributed by atoms with Crippen molar-refractivity contribution in [1.82, 2.24) is 0 Å². The van der Waals surface area contributed by atoms with Gasteiger partial charge in [0.05, 0.1) is 12.2 Å². The van der Waals surface area contributed by atoms with E-state index >= 15 is 0 Å². The Kier molecular flexibility index (Phi) is 6.51. The molecule has 0 aliphatic heterocycles. The van der Waals surface area contributed by atoms with Crippen molar-refractivity contribution < 1.29 is 18.7 Å². The minimum absolute atomic E-state index is 0.0902. The van der Waals surface area contributed by atoms with Gasteiger partial charge in [0.15, 0.2) is 0 Å². The van der Waals surface area contributed by atoms with E-state index in [0.717, 1.165) is 18.8 Å². The van der Waals surface area contributed by atoms with Gasteiger partial charge in [-0.3, -0.25) is 4.79 Å². The van der Waals surface area contributed by atoms with E-state index in [9.17, 15) is 14.4 Å². The molecule has 0 bridgehead atoms. The number of esters is 1. The number of carbonyl (C=O) groups is 2. The summed E-state index contributed by atoms with van der Waals surface area (Å²) in [4.78, 5) is 38.8. The highest BCUT2D eigenvalue weighted by molar-refractivity contribution is 6.05. The molecule has 0 atom stereocenters. The number of rotatable bonds is 7. The summed E-state index contributed by atoms with van der Waals surface area (Å²) in [6.07, 6.45) is 0. The number of hydrogen-bond donors (Lipinski definition) is 1. The van der Waals surface area contributed by atoms with Crippen molar-refractivity contribution in [3.8, 4) is 0 Å². The predicted octanol–water partition coefficient (Wildman–Crippen LogP) is 4.07. The lowest BCUT2D eigenvalue weighted by Crippen LogP contribution is -2.22. The van der Waals surface area contributed by atoms with E-state index in [1.54, 1.807) is 37.3 Å². The van der Waals surface area contributed by atoms with Crippen LogP contribution in [-0.4, -0.2) is 31.6 Å². The predicted molar refractivity (Wildman–Crippen MR) is 116 cm³/mol. The van der Waals surface area contributed by atoms with Crippen molar-refractivity contribution in [2.24, 2.45) is 0 Å². The summed E-state index contributed by atoms with van der Waals surface area (Å²) in [5, 5.41) is 3.31. The molecule has 1 aromatic heterocycles. The Morgan fingerprint density at radius 2 is 1.70 bits per heavy atom. The Hall–Kier alpha value is -3.61. The van der Waals surface area contributed by atoms with Gasteiger partial charge in [0.25, 0.3) is 5.91 Å². The lowest BCUT2D eigenvalue weighted by atomic mass is 10.1. The van der Waals surface area contributed by atoms with E-state index in [2.05, 4.69) is 24.1 Å². The standard InChI is InChI=1S/C23H24N2O5/c1-4-25(5-2)18-12-9-16-13-19(23(28)30-20(16)14-18)21(26)24-17-10-7-15(8-11-17)22(27)29-6-3/h7-14H,4-6H2,1-3H3,(H,24,26). The summed E-state index contributed by atoms with van der Waals surface area (Å²) in [5.74, 6) is -1.02. The van der Waals surface area contributed by atoms with Gasteiger partial charge in [0.2, 0.25) is 0 Å². The molecular formula is C23H24N2O5. The van der Waals surface area contributed by atoms with Gasteiger partial charge in [-0.15, -0.1) is 0 Å². The third-order valence-electron chi connectivity index (χ3n) is 4.75. The van der Waals surface area contributed by atoms with Gasteiger partial charge in [-0.25, -0.2) is 9.59 Å². The van der Waals surface area contributed by atoms with Crippen molar-refractivity contribution in [1.29, 1.82) is 0 Å². The first-order chi connectivity index (χ1) is 14.5. The number of benzene rings is 2. The second-order valence-corrected chi connectivity index (χ2v) is 6.59. The van der Waals surface area contributed by atoms with Crippen molar-refractivity contribution in [3.63, 3.8) is 0 Å². The molecule has 7 nitrogen and oxygen atoms in total. The highest BCUT2D eigenvalue weighted by Crippen LogP contribution is 2.22. The quantitative estimate of drug-likeness (QED) is 0.468. The van der Waals surface area contributed by atoms with Crippen LogP contribution in [0.2, 0.25) is 0 Å². The molecule has 3 rings (SSSR count). The molecule has 0 saturated carbocycles. The maximum atomic E-state index is 12.6. The van der Waals surface area contributed by atoms with Crippen molar-refractivity contribution in [3.05, 3.63) is 70.1 Å². The summed E-state index contributed by atoms with van der Waals surface area (Å²) in [7, 11) is 0. The first-order valence-corrected chi connectivity index (χ1v) is 9.88. The highest BCUT2D eigenvalue weighted by atomic mass is 16.5. The fourth-order valence-electron chi connectivity index (χ4n) is 3.15. The number of carbonyl (C=O) groups excluding carboxylic acids is 2. The van der Waals surface area contributed by atoms with Gasteiger partial charge >= 0.3 is 11.6 Å². The van der Waals surface area contributed by atoms with E-state index in [1.807, 2.05) is 12.1 Å². The van der Waals surface area contributed by atoms with E-state index < -0.39 is 17.5 Å². The SMILES string of the molecule is CCOC(=O)c1ccc(NC(=O)c2cc3ccc(N(CC)CC)cc3oc2=O)cc1. The average molecular weight is 408 g/mol. The molecule has 0 spiro atoms. The molecule has 30 heavy (non-hydrogen) atoms. The number of fused-ring (bicyclic) bond motifs is 1. The average Bonchev–Trinajstić information content (AvgIpc) is 2.74. The van der Waals surface area contributed by atoms with Crippen LogP contribution >= 0.6 is 0 Å². The molecular weight excluding hydrogens is 384 g/mol. The van der Waals surface area contributed by atoms with Gasteiger partial charge in [-0.05, 0) is 63.2 Å². The van der Waals surface area contributed by atoms with Crippen LogP contribution in [-0.2, 0) is 4.74 Å². The molecule has 1 N–H and O–H groups in total. The van der Waals surface area contributed by atoms with E-state index in [4.69, 9.17) is 9.15 Å². The molecule has 0 aliphatic carbocycles. The van der Waals surface area contributed by atoms with Crippen LogP contribution in [0.25, 0.3) is 11.0 Å². The van der Waals surface area contributed by atoms with E-state index in [-0.39, 0.29) is 12.2 Å². The number of anilines is 2. The van der Waals surface area contributed by atoms with Crippen LogP contribution in [0.5, 0.6) is 0 Å². The minimum atomic E-state index is -0.708. The second kappa shape index (κ2) is 9.26. The van der Waals surface area contributed by atoms with Gasteiger partial charge in [-0.1, -0.05) is 0 Å². The van der Waals surface area contributed by atoms with Crippen LogP contribution < -0.4 is 15.8 Å². The molecule has 1 heterocycles. The first-order valence-electron chi connectivity index (χ1n) is 9.88. The monoisotopic (exact) mass is 408 g/mol. The topological polar surface area (TPSA) is 88.8 Å². The van der Waals surface area contributed by atoms with Crippen LogP contribution in [0.1, 0.15) is 41.5 Å². The van der Waals surface area contributed by atoms with Gasteiger partial charge in [-0.2, -0.15) is 0 Å². The zero-order valence-corrected chi connectivity index (χ0v) is 17.2. The third-order valence-corrected chi connectivity index (χ3v) is 4.75. The van der Waals surface area contributed by atoms with Crippen molar-refractivity contribution in [2.75, 3.05) is 29.9 Å². The molecule has 156 valence electrons. The van der Waals surface area contributed by atoms with Crippen LogP contribution in [0.3, 0.4) is 0 Å². The fourth-order valence-corrected chi connectivity index (χ4v) is 3.15. The zero-order chi connectivity index (χ0) is 21.7. The van der Waals surface area contributed by atoms with Crippen LogP contribution in [0.15, 0.2) is 57.7 Å². The normalized spacial score (nSPS) is 10.6. The largest absolute Gasteiger partial charge is 0.462 e. The summed E-state index contributed by atoms with van der Waals surface area (Å²) in [5.41, 5.74) is 1.41. The summed E-state index contributed by atoms with van der Waals surface area (Å²) >= 11 is 0. The lowest BCUT2D eigenvalue weighted by Gasteiger charge is -2.21. The maximum absolute atomic E-state index is 12.6. The molecule has 3 aromatic rings. The molecule has 7 heteroatoms. The van der Waals surface area contributed by atoms with Gasteiger partial charge in [0.1, 0.15) is 11.1 Å². The van der Waals surface area contributed by atoms with Crippen LogP contribution in [0, 0.1) is 0 Å². The van der Waals surface area contributed by atoms with Crippen molar-refractivity contribution >= 4 is 34.2 Å². The molecule has 0 aliphatic rings. The van der Waals surface area contributed by atoms with Crippen molar-refractivity contribution in [2.45, 2.75) is 20.8 Å². The molecule has 2 aromatic carbocycles. The number of nitrogens with one attached hydrogen (secondary N) is 1. The zero-order valence-electron chi connectivity index (χ0n) is 17.2. The molecule has 1 amide bonds. The van der Waals surface area contributed by atoms with E-state index in [1.165, 1.54) is 6.07 Å². The number of ether oxygens (including phenoxy) is 1. The lowest BCUT2D eigenvalue weighted by molar-refractivity contribution is 0.0526. The second-order valence-electron chi connectivity index (χ2n) is 6.59. The van der Waals surface area contributed by atoms with Gasteiger partial charge < -0.3 is 19.4 Å². The molecule has 0 saturated heterocycles. The summed E-state index contributed by atoms with van der Waals surface area (Å²) in [6, 6.07) is 13.3. The number of amides is 1. The Morgan fingerprint density at radius 1 is 1.00 bits per heavy atom. The first kappa shape index (κ1) is 21.1. The van der Waals surface area contributed by atoms with E-state index in [0.29, 0.717) is 22.2 Å². The minimum Gasteiger partial charge on any atom is -0.462 e. The number of nitrogens with zero attached hydrogens (tertiary/aromatic N) is 1. The molecule has 0 radical (unpaired) electrons. The Morgan fingerprint density at radius 3 is 2.33 bits per heavy atom. The summed E-state index contributed by atoms with van der Waals surface area (Å²) < 4.78 is 10.3. The smallest absolute Gasteiger partial charge is 0.349 e. The maximum Gasteiger partial charge on any atom is 0.349 e. The Labute approximate surface area is 174 Å². The Bertz CT molecular complexity index is 1110. The summed E-state index contributed by atoms with van der Waals surface area (Å²) in [6.45, 7) is 7.79. The Balaban J connectivity index is 1.83. The molecule has 0 unspecified atom stereocenters. The fraction of sp³-hybridized carbons (Fsp3) is 0.261.